The summed E-state index contributed by atoms with van der Waals surface area (Å²) in [6.07, 6.45) is 1.46. The molecule has 0 aliphatic carbocycles. The summed E-state index contributed by atoms with van der Waals surface area (Å²) >= 11 is 0. The summed E-state index contributed by atoms with van der Waals surface area (Å²) in [4.78, 5) is 23.7. The van der Waals surface area contributed by atoms with E-state index in [1.807, 2.05) is 44.2 Å². The number of carbonyl (C=O) groups is 2. The summed E-state index contributed by atoms with van der Waals surface area (Å²) < 4.78 is 5.34. The maximum absolute atomic E-state index is 11.9. The van der Waals surface area contributed by atoms with E-state index < -0.39 is 11.8 Å². The van der Waals surface area contributed by atoms with Crippen molar-refractivity contribution < 1.29 is 14.3 Å². The minimum atomic E-state index is -0.815. The smallest absolute Gasteiger partial charge is 0.329 e. The molecule has 0 heterocycles. The Morgan fingerprint density at radius 3 is 2.40 bits per heavy atom. The van der Waals surface area contributed by atoms with Crippen LogP contribution in [-0.4, -0.2) is 24.6 Å². The first-order valence-electron chi connectivity index (χ1n) is 8.02. The largest absolute Gasteiger partial charge is 0.494 e. The molecule has 0 saturated carbocycles. The molecule has 0 spiro atoms. The lowest BCUT2D eigenvalue weighted by Gasteiger charge is -2.13. The van der Waals surface area contributed by atoms with Gasteiger partial charge in [-0.15, -0.1) is 0 Å². The number of hydrogen-bond acceptors (Lipinski definition) is 4. The summed E-state index contributed by atoms with van der Waals surface area (Å²) in [5.74, 6) is -0.789. The van der Waals surface area contributed by atoms with E-state index in [0.29, 0.717) is 6.61 Å². The summed E-state index contributed by atoms with van der Waals surface area (Å²) in [5.41, 5.74) is 3.91. The van der Waals surface area contributed by atoms with E-state index in [1.165, 1.54) is 6.21 Å². The number of carbonyl (C=O) groups excluding carboxylic acids is 2. The van der Waals surface area contributed by atoms with Crippen molar-refractivity contribution in [2.75, 3.05) is 6.61 Å². The van der Waals surface area contributed by atoms with E-state index >= 15 is 0 Å². The second kappa shape index (κ2) is 9.22. The van der Waals surface area contributed by atoms with Gasteiger partial charge in [0.2, 0.25) is 0 Å². The molecule has 0 aliphatic heterocycles. The first-order chi connectivity index (χ1) is 12.1. The second-order valence-corrected chi connectivity index (χ2v) is 5.31. The molecule has 2 N–H and O–H groups in total. The number of hydrazone groups is 1. The summed E-state index contributed by atoms with van der Waals surface area (Å²) in [6, 6.07) is 16.4. The van der Waals surface area contributed by atoms with Gasteiger partial charge in [-0.05, 0) is 49.2 Å². The first kappa shape index (κ1) is 18.2. The molecule has 2 aromatic rings. The topological polar surface area (TPSA) is 79.8 Å². The van der Waals surface area contributed by atoms with Crippen molar-refractivity contribution in [1.82, 2.24) is 10.7 Å². The maximum Gasteiger partial charge on any atom is 0.329 e. The molecule has 2 amide bonds. The molecule has 2 rings (SSSR count). The highest BCUT2D eigenvalue weighted by atomic mass is 16.5. The Balaban J connectivity index is 1.83. The number of nitrogens with one attached hydrogen (secondary N) is 2. The molecular weight excluding hydrogens is 318 g/mol. The zero-order valence-corrected chi connectivity index (χ0v) is 14.2. The predicted molar refractivity (Wildman–Crippen MR) is 96.3 cm³/mol. The van der Waals surface area contributed by atoms with Gasteiger partial charge < -0.3 is 10.1 Å². The Bertz CT molecular complexity index is 727. The highest BCUT2D eigenvalue weighted by Gasteiger charge is 2.16. The highest BCUT2D eigenvalue weighted by Crippen LogP contribution is 2.11. The molecule has 0 unspecified atom stereocenters. The van der Waals surface area contributed by atoms with Gasteiger partial charge >= 0.3 is 11.8 Å². The van der Waals surface area contributed by atoms with Crippen LogP contribution in [0.5, 0.6) is 5.75 Å². The molecule has 0 saturated heterocycles. The fraction of sp³-hybridized carbons (Fsp3) is 0.211. The van der Waals surface area contributed by atoms with Gasteiger partial charge in [0.25, 0.3) is 0 Å². The Kier molecular flexibility index (Phi) is 6.71. The number of amides is 2. The van der Waals surface area contributed by atoms with Crippen LogP contribution in [-0.2, 0) is 9.59 Å². The Morgan fingerprint density at radius 1 is 1.08 bits per heavy atom. The highest BCUT2D eigenvalue weighted by molar-refractivity contribution is 6.35. The van der Waals surface area contributed by atoms with Crippen LogP contribution in [0.2, 0.25) is 0 Å². The van der Waals surface area contributed by atoms with Crippen LogP contribution < -0.4 is 15.5 Å². The van der Waals surface area contributed by atoms with Crippen LogP contribution in [0, 0.1) is 0 Å². The Hall–Kier alpha value is -3.15. The van der Waals surface area contributed by atoms with Crippen LogP contribution in [0.15, 0.2) is 59.7 Å². The summed E-state index contributed by atoms with van der Waals surface area (Å²) in [6.45, 7) is 4.32. The Labute approximate surface area is 146 Å². The van der Waals surface area contributed by atoms with Crippen molar-refractivity contribution >= 4 is 18.0 Å². The number of hydrogen-bond donors (Lipinski definition) is 2. The van der Waals surface area contributed by atoms with Gasteiger partial charge in [0, 0.05) is 0 Å². The van der Waals surface area contributed by atoms with E-state index in [1.54, 1.807) is 24.3 Å². The molecule has 0 radical (unpaired) electrons. The molecule has 1 atom stereocenters. The van der Waals surface area contributed by atoms with Crippen molar-refractivity contribution in [2.24, 2.45) is 5.10 Å². The van der Waals surface area contributed by atoms with Crippen molar-refractivity contribution in [3.63, 3.8) is 0 Å². The monoisotopic (exact) mass is 339 g/mol. The van der Waals surface area contributed by atoms with Crippen molar-refractivity contribution in [3.05, 3.63) is 65.7 Å². The molecule has 0 aromatic heterocycles. The van der Waals surface area contributed by atoms with Gasteiger partial charge in [-0.2, -0.15) is 5.10 Å². The van der Waals surface area contributed by atoms with Gasteiger partial charge in [-0.25, -0.2) is 5.43 Å². The lowest BCUT2D eigenvalue weighted by Crippen LogP contribution is -2.39. The van der Waals surface area contributed by atoms with Crippen molar-refractivity contribution in [2.45, 2.75) is 19.9 Å². The standard InChI is InChI=1S/C19H21N3O3/c1-3-25-17-11-9-15(10-12-17)13-20-22-19(24)18(23)21-14(2)16-7-5-4-6-8-16/h4-14H,3H2,1-2H3,(H,21,23)(H,22,24)/b20-13-/t14-/m0/s1. The van der Waals surface area contributed by atoms with Gasteiger partial charge in [0.05, 0.1) is 18.9 Å². The Morgan fingerprint density at radius 2 is 1.76 bits per heavy atom. The average molecular weight is 339 g/mol. The number of nitrogens with zero attached hydrogens (tertiary/aromatic N) is 1. The molecule has 6 nitrogen and oxygen atoms in total. The van der Waals surface area contributed by atoms with Crippen LogP contribution in [0.4, 0.5) is 0 Å². The average Bonchev–Trinajstić information content (AvgIpc) is 2.64. The van der Waals surface area contributed by atoms with Gasteiger partial charge in [0.15, 0.2) is 0 Å². The van der Waals surface area contributed by atoms with E-state index in [-0.39, 0.29) is 6.04 Å². The third-order valence-electron chi connectivity index (χ3n) is 3.42. The van der Waals surface area contributed by atoms with Crippen LogP contribution >= 0.6 is 0 Å². The molecule has 25 heavy (non-hydrogen) atoms. The van der Waals surface area contributed by atoms with Crippen LogP contribution in [0.1, 0.15) is 31.0 Å². The zero-order chi connectivity index (χ0) is 18.1. The fourth-order valence-corrected chi connectivity index (χ4v) is 2.12. The lowest BCUT2D eigenvalue weighted by molar-refractivity contribution is -0.139. The van der Waals surface area contributed by atoms with Gasteiger partial charge in [0.1, 0.15) is 5.75 Å². The minimum absolute atomic E-state index is 0.269. The summed E-state index contributed by atoms with van der Waals surface area (Å²) in [7, 11) is 0. The third kappa shape index (κ3) is 5.76. The lowest BCUT2D eigenvalue weighted by atomic mass is 10.1. The summed E-state index contributed by atoms with van der Waals surface area (Å²) in [5, 5.41) is 6.42. The molecule has 0 fully saturated rings. The quantitative estimate of drug-likeness (QED) is 0.482. The van der Waals surface area contributed by atoms with E-state index in [9.17, 15) is 9.59 Å². The molecule has 0 aliphatic rings. The minimum Gasteiger partial charge on any atom is -0.494 e. The molecule has 130 valence electrons. The SMILES string of the molecule is CCOc1ccc(/C=N\NC(=O)C(=O)N[C@@H](C)c2ccccc2)cc1. The zero-order valence-electron chi connectivity index (χ0n) is 14.2. The predicted octanol–water partition coefficient (Wildman–Crippen LogP) is 2.41. The number of rotatable bonds is 6. The fourth-order valence-electron chi connectivity index (χ4n) is 2.12. The molecular formula is C19H21N3O3. The normalized spacial score (nSPS) is 11.8. The van der Waals surface area contributed by atoms with Crippen LogP contribution in [0.25, 0.3) is 0 Å². The molecule has 2 aromatic carbocycles. The van der Waals surface area contributed by atoms with E-state index in [0.717, 1.165) is 16.9 Å². The molecule has 6 heteroatoms. The third-order valence-corrected chi connectivity index (χ3v) is 3.42. The van der Waals surface area contributed by atoms with Crippen molar-refractivity contribution in [1.29, 1.82) is 0 Å². The van der Waals surface area contributed by atoms with E-state index in [4.69, 9.17) is 4.74 Å². The molecule has 0 bridgehead atoms. The van der Waals surface area contributed by atoms with Crippen molar-refractivity contribution in [3.8, 4) is 5.75 Å². The van der Waals surface area contributed by atoms with Gasteiger partial charge in [-0.3, -0.25) is 9.59 Å². The number of ether oxygens (including phenoxy) is 1. The second-order valence-electron chi connectivity index (χ2n) is 5.31. The van der Waals surface area contributed by atoms with Gasteiger partial charge in [-0.1, -0.05) is 30.3 Å². The number of benzene rings is 2. The van der Waals surface area contributed by atoms with Crippen LogP contribution in [0.3, 0.4) is 0 Å². The van der Waals surface area contributed by atoms with E-state index in [2.05, 4.69) is 15.8 Å². The maximum atomic E-state index is 11.9. The first-order valence-corrected chi connectivity index (χ1v) is 8.02.